The summed E-state index contributed by atoms with van der Waals surface area (Å²) in [6.45, 7) is 1.01. The van der Waals surface area contributed by atoms with Gasteiger partial charge in [0.1, 0.15) is 6.04 Å². The molecule has 0 radical (unpaired) electrons. The highest BCUT2D eigenvalue weighted by Gasteiger charge is 2.22. The standard InChI is InChI=1S/C17H26N4O3/c1-19-10-11-20-17(24)14(12-15(18)22)21-16(23)9-5-8-13-6-3-2-4-7-13/h2-4,6-7,14,19H,5,8-12H2,1H3,(H2,18,22)(H,20,24)(H,21,23)/t14-/m1/s1. The van der Waals surface area contributed by atoms with Crippen molar-refractivity contribution in [1.82, 2.24) is 16.0 Å². The van der Waals surface area contributed by atoms with Gasteiger partial charge in [0.2, 0.25) is 17.7 Å². The van der Waals surface area contributed by atoms with E-state index >= 15 is 0 Å². The third kappa shape index (κ3) is 8.28. The second kappa shape index (κ2) is 11.2. The van der Waals surface area contributed by atoms with Crippen molar-refractivity contribution >= 4 is 17.7 Å². The molecular weight excluding hydrogens is 308 g/mol. The number of nitrogens with two attached hydrogens (primary N) is 1. The molecule has 0 aliphatic rings. The SMILES string of the molecule is CNCCNC(=O)[C@@H](CC(N)=O)NC(=O)CCCc1ccccc1. The molecule has 24 heavy (non-hydrogen) atoms. The molecular formula is C17H26N4O3. The van der Waals surface area contributed by atoms with Crippen molar-refractivity contribution in [2.45, 2.75) is 31.7 Å². The van der Waals surface area contributed by atoms with Crippen LogP contribution in [-0.4, -0.2) is 43.9 Å². The minimum Gasteiger partial charge on any atom is -0.370 e. The van der Waals surface area contributed by atoms with Gasteiger partial charge >= 0.3 is 0 Å². The summed E-state index contributed by atoms with van der Waals surface area (Å²) in [6, 6.07) is 8.92. The summed E-state index contributed by atoms with van der Waals surface area (Å²) >= 11 is 0. The van der Waals surface area contributed by atoms with Gasteiger partial charge in [-0.15, -0.1) is 0 Å². The molecule has 0 heterocycles. The van der Waals surface area contributed by atoms with Gasteiger partial charge < -0.3 is 21.7 Å². The summed E-state index contributed by atoms with van der Waals surface area (Å²) < 4.78 is 0. The molecule has 1 atom stereocenters. The number of nitrogens with one attached hydrogen (secondary N) is 3. The van der Waals surface area contributed by atoms with Crippen LogP contribution < -0.4 is 21.7 Å². The Bertz CT molecular complexity index is 534. The summed E-state index contributed by atoms with van der Waals surface area (Å²) in [5.41, 5.74) is 6.31. The number of carbonyl (C=O) groups excluding carboxylic acids is 3. The first-order valence-electron chi connectivity index (χ1n) is 8.07. The van der Waals surface area contributed by atoms with E-state index in [2.05, 4.69) is 16.0 Å². The Morgan fingerprint density at radius 3 is 2.46 bits per heavy atom. The van der Waals surface area contributed by atoms with E-state index < -0.39 is 17.9 Å². The molecule has 1 aromatic carbocycles. The maximum atomic E-state index is 12.0. The van der Waals surface area contributed by atoms with E-state index in [1.807, 2.05) is 30.3 Å². The predicted octanol–water partition coefficient (Wildman–Crippen LogP) is -0.295. The zero-order chi connectivity index (χ0) is 17.8. The van der Waals surface area contributed by atoms with E-state index in [-0.39, 0.29) is 18.7 Å². The molecule has 0 fully saturated rings. The fraction of sp³-hybridized carbons (Fsp3) is 0.471. The van der Waals surface area contributed by atoms with Gasteiger partial charge in [-0.1, -0.05) is 30.3 Å². The fourth-order valence-electron chi connectivity index (χ4n) is 2.21. The number of primary amides is 1. The lowest BCUT2D eigenvalue weighted by Gasteiger charge is -2.17. The van der Waals surface area contributed by atoms with Crippen LogP contribution in [-0.2, 0) is 20.8 Å². The third-order valence-electron chi connectivity index (χ3n) is 3.44. The van der Waals surface area contributed by atoms with Crippen molar-refractivity contribution in [3.63, 3.8) is 0 Å². The van der Waals surface area contributed by atoms with Crippen LogP contribution in [0, 0.1) is 0 Å². The van der Waals surface area contributed by atoms with E-state index in [9.17, 15) is 14.4 Å². The van der Waals surface area contributed by atoms with Crippen molar-refractivity contribution < 1.29 is 14.4 Å². The Balaban J connectivity index is 2.42. The smallest absolute Gasteiger partial charge is 0.243 e. The van der Waals surface area contributed by atoms with Crippen LogP contribution in [0.2, 0.25) is 0 Å². The number of benzene rings is 1. The van der Waals surface area contributed by atoms with Gasteiger partial charge in [-0.05, 0) is 25.5 Å². The zero-order valence-electron chi connectivity index (χ0n) is 14.0. The molecule has 0 unspecified atom stereocenters. The average molecular weight is 334 g/mol. The van der Waals surface area contributed by atoms with Crippen molar-refractivity contribution in [3.05, 3.63) is 35.9 Å². The van der Waals surface area contributed by atoms with Crippen molar-refractivity contribution in [2.24, 2.45) is 5.73 Å². The lowest BCUT2D eigenvalue weighted by Crippen LogP contribution is -2.49. The maximum absolute atomic E-state index is 12.0. The van der Waals surface area contributed by atoms with E-state index in [1.54, 1.807) is 7.05 Å². The predicted molar refractivity (Wildman–Crippen MR) is 92.1 cm³/mol. The Labute approximate surface area is 142 Å². The molecule has 0 saturated carbocycles. The van der Waals surface area contributed by atoms with E-state index in [0.29, 0.717) is 19.5 Å². The Kier molecular flexibility index (Phi) is 9.14. The first-order valence-corrected chi connectivity index (χ1v) is 8.07. The van der Waals surface area contributed by atoms with Crippen LogP contribution in [0.15, 0.2) is 30.3 Å². The summed E-state index contributed by atoms with van der Waals surface area (Å²) in [5, 5.41) is 8.13. The number of amides is 3. The number of rotatable bonds is 11. The minimum absolute atomic E-state index is 0.212. The monoisotopic (exact) mass is 334 g/mol. The van der Waals surface area contributed by atoms with E-state index in [1.165, 1.54) is 0 Å². The van der Waals surface area contributed by atoms with Gasteiger partial charge in [0.15, 0.2) is 0 Å². The molecule has 0 aromatic heterocycles. The number of carbonyl (C=O) groups is 3. The normalized spacial score (nSPS) is 11.5. The molecule has 0 aliphatic carbocycles. The van der Waals surface area contributed by atoms with Crippen LogP contribution in [0.5, 0.6) is 0 Å². The van der Waals surface area contributed by atoms with Gasteiger partial charge in [-0.3, -0.25) is 14.4 Å². The molecule has 132 valence electrons. The largest absolute Gasteiger partial charge is 0.370 e. The molecule has 1 aromatic rings. The summed E-state index contributed by atoms with van der Waals surface area (Å²) in [4.78, 5) is 35.1. The Morgan fingerprint density at radius 1 is 1.12 bits per heavy atom. The lowest BCUT2D eigenvalue weighted by atomic mass is 10.1. The second-order valence-corrected chi connectivity index (χ2v) is 5.52. The van der Waals surface area contributed by atoms with Crippen LogP contribution in [0.1, 0.15) is 24.8 Å². The molecule has 5 N–H and O–H groups in total. The van der Waals surface area contributed by atoms with Crippen LogP contribution in [0.3, 0.4) is 0 Å². The number of hydrogen-bond donors (Lipinski definition) is 4. The quantitative estimate of drug-likeness (QED) is 0.416. The highest BCUT2D eigenvalue weighted by Crippen LogP contribution is 2.05. The molecule has 1 rings (SSSR count). The molecule has 3 amide bonds. The molecule has 0 bridgehead atoms. The van der Waals surface area contributed by atoms with Crippen LogP contribution in [0.25, 0.3) is 0 Å². The maximum Gasteiger partial charge on any atom is 0.243 e. The zero-order valence-corrected chi connectivity index (χ0v) is 14.0. The second-order valence-electron chi connectivity index (χ2n) is 5.52. The number of aryl methyl sites for hydroxylation is 1. The van der Waals surface area contributed by atoms with Gasteiger partial charge in [0.25, 0.3) is 0 Å². The third-order valence-corrected chi connectivity index (χ3v) is 3.44. The highest BCUT2D eigenvalue weighted by atomic mass is 16.2. The first-order chi connectivity index (χ1) is 11.5. The van der Waals surface area contributed by atoms with Gasteiger partial charge in [-0.2, -0.15) is 0 Å². The highest BCUT2D eigenvalue weighted by molar-refractivity contribution is 5.91. The molecule has 7 heteroatoms. The van der Waals surface area contributed by atoms with E-state index in [4.69, 9.17) is 5.73 Å². The lowest BCUT2D eigenvalue weighted by molar-refractivity contribution is -0.131. The van der Waals surface area contributed by atoms with Crippen molar-refractivity contribution in [1.29, 1.82) is 0 Å². The fourth-order valence-corrected chi connectivity index (χ4v) is 2.21. The topological polar surface area (TPSA) is 113 Å². The van der Waals surface area contributed by atoms with Gasteiger partial charge in [-0.25, -0.2) is 0 Å². The Morgan fingerprint density at radius 2 is 1.83 bits per heavy atom. The molecule has 7 nitrogen and oxygen atoms in total. The minimum atomic E-state index is -0.927. The molecule has 0 aliphatic heterocycles. The summed E-state index contributed by atoms with van der Waals surface area (Å²) in [5.74, 6) is -1.30. The summed E-state index contributed by atoms with van der Waals surface area (Å²) in [7, 11) is 1.77. The first kappa shape index (κ1) is 19.6. The number of likely N-dealkylation sites (N-methyl/N-ethyl adjacent to an activating group) is 1. The van der Waals surface area contributed by atoms with Crippen molar-refractivity contribution in [3.8, 4) is 0 Å². The van der Waals surface area contributed by atoms with E-state index in [0.717, 1.165) is 12.0 Å². The Hall–Kier alpha value is -2.41. The molecule has 0 saturated heterocycles. The van der Waals surface area contributed by atoms with Gasteiger partial charge in [0.05, 0.1) is 6.42 Å². The van der Waals surface area contributed by atoms with Crippen LogP contribution >= 0.6 is 0 Å². The number of hydrogen-bond acceptors (Lipinski definition) is 4. The van der Waals surface area contributed by atoms with Crippen molar-refractivity contribution in [2.75, 3.05) is 20.1 Å². The summed E-state index contributed by atoms with van der Waals surface area (Å²) in [6.07, 6.45) is 1.52. The average Bonchev–Trinajstić information content (AvgIpc) is 2.55. The van der Waals surface area contributed by atoms with Gasteiger partial charge in [0, 0.05) is 19.5 Å². The molecule has 0 spiro atoms. The van der Waals surface area contributed by atoms with Crippen LogP contribution in [0.4, 0.5) is 0 Å².